The molecule has 0 amide bonds. The number of fused-ring (bicyclic) bond motifs is 1. The van der Waals surface area contributed by atoms with Gasteiger partial charge in [0.15, 0.2) is 11.5 Å². The van der Waals surface area contributed by atoms with Crippen LogP contribution in [0.25, 0.3) is 0 Å². The van der Waals surface area contributed by atoms with E-state index in [1.165, 1.54) is 0 Å². The summed E-state index contributed by atoms with van der Waals surface area (Å²) >= 11 is 0. The van der Waals surface area contributed by atoms with Crippen molar-refractivity contribution in [3.63, 3.8) is 0 Å². The summed E-state index contributed by atoms with van der Waals surface area (Å²) in [4.78, 5) is 0. The second-order valence-electron chi connectivity index (χ2n) is 5.91. The summed E-state index contributed by atoms with van der Waals surface area (Å²) in [5.41, 5.74) is 2.17. The van der Waals surface area contributed by atoms with Crippen LogP contribution < -0.4 is 5.32 Å². The first-order valence-electron chi connectivity index (χ1n) is 6.17. The van der Waals surface area contributed by atoms with Crippen LogP contribution >= 0.6 is 0 Å². The second kappa shape index (κ2) is 4.22. The van der Waals surface area contributed by atoms with Crippen molar-refractivity contribution >= 4 is 0 Å². The van der Waals surface area contributed by atoms with Crippen LogP contribution in [0.4, 0.5) is 0 Å². The Balaban J connectivity index is 2.18. The molecular weight excluding hydrogens is 214 g/mol. The van der Waals surface area contributed by atoms with Gasteiger partial charge in [-0.1, -0.05) is 6.07 Å². The third kappa shape index (κ3) is 2.72. The molecule has 0 saturated heterocycles. The topological polar surface area (TPSA) is 52.5 Å². The van der Waals surface area contributed by atoms with Crippen molar-refractivity contribution in [1.29, 1.82) is 0 Å². The molecule has 1 aliphatic carbocycles. The summed E-state index contributed by atoms with van der Waals surface area (Å²) in [5.74, 6) is 0.0580. The van der Waals surface area contributed by atoms with Crippen LogP contribution in [0.3, 0.4) is 0 Å². The zero-order chi connectivity index (χ0) is 12.6. The maximum atomic E-state index is 9.79. The lowest BCUT2D eigenvalue weighted by Crippen LogP contribution is -2.46. The third-order valence-electron chi connectivity index (χ3n) is 3.20. The Bertz CT molecular complexity index is 421. The molecule has 3 nitrogen and oxygen atoms in total. The van der Waals surface area contributed by atoms with E-state index in [9.17, 15) is 10.2 Å². The minimum atomic E-state index is -0.00835. The summed E-state index contributed by atoms with van der Waals surface area (Å²) in [6.07, 6.45) is 2.74. The molecule has 1 unspecified atom stereocenters. The Morgan fingerprint density at radius 2 is 1.94 bits per heavy atom. The van der Waals surface area contributed by atoms with Gasteiger partial charge in [-0.15, -0.1) is 0 Å². The fourth-order valence-electron chi connectivity index (χ4n) is 2.56. The maximum Gasteiger partial charge on any atom is 0.160 e. The van der Waals surface area contributed by atoms with Gasteiger partial charge in [0.25, 0.3) is 0 Å². The van der Waals surface area contributed by atoms with E-state index in [1.54, 1.807) is 6.07 Å². The Kier molecular flexibility index (Phi) is 3.04. The van der Waals surface area contributed by atoms with Crippen molar-refractivity contribution in [2.45, 2.75) is 51.6 Å². The smallest absolute Gasteiger partial charge is 0.160 e. The summed E-state index contributed by atoms with van der Waals surface area (Å²) in [7, 11) is 0. The zero-order valence-corrected chi connectivity index (χ0v) is 10.7. The predicted molar refractivity (Wildman–Crippen MR) is 68.5 cm³/mol. The molecule has 1 aliphatic rings. The molecule has 1 aromatic rings. The minimum Gasteiger partial charge on any atom is -0.504 e. The van der Waals surface area contributed by atoms with E-state index >= 15 is 0 Å². The molecule has 0 saturated carbocycles. The Morgan fingerprint density at radius 1 is 1.24 bits per heavy atom. The molecule has 1 aromatic carbocycles. The van der Waals surface area contributed by atoms with Gasteiger partial charge in [0.2, 0.25) is 0 Å². The van der Waals surface area contributed by atoms with Gasteiger partial charge in [0.1, 0.15) is 0 Å². The Labute approximate surface area is 102 Å². The molecule has 0 aliphatic heterocycles. The van der Waals surface area contributed by atoms with Crippen LogP contribution in [0.1, 0.15) is 38.3 Å². The summed E-state index contributed by atoms with van der Waals surface area (Å²) in [6, 6.07) is 3.94. The first kappa shape index (κ1) is 12.2. The molecule has 0 heterocycles. The molecule has 0 bridgehead atoms. The van der Waals surface area contributed by atoms with Crippen molar-refractivity contribution in [2.24, 2.45) is 0 Å². The van der Waals surface area contributed by atoms with Gasteiger partial charge in [-0.3, -0.25) is 0 Å². The van der Waals surface area contributed by atoms with E-state index in [-0.39, 0.29) is 17.0 Å². The summed E-state index contributed by atoms with van der Waals surface area (Å²) < 4.78 is 0. The normalized spacial score (nSPS) is 20.1. The number of phenolic OH excluding ortho intramolecular Hbond substituents is 2. The van der Waals surface area contributed by atoms with E-state index in [1.807, 2.05) is 6.07 Å². The van der Waals surface area contributed by atoms with E-state index in [2.05, 4.69) is 26.1 Å². The van der Waals surface area contributed by atoms with Crippen molar-refractivity contribution in [2.75, 3.05) is 0 Å². The predicted octanol–water partition coefficient (Wildman–Crippen LogP) is 2.34. The quantitative estimate of drug-likeness (QED) is 0.655. The molecule has 2 rings (SSSR count). The van der Waals surface area contributed by atoms with Crippen molar-refractivity contribution < 1.29 is 10.2 Å². The highest BCUT2D eigenvalue weighted by molar-refractivity contribution is 5.50. The van der Waals surface area contributed by atoms with E-state index in [4.69, 9.17) is 0 Å². The highest BCUT2D eigenvalue weighted by Crippen LogP contribution is 2.35. The fourth-order valence-corrected chi connectivity index (χ4v) is 2.56. The molecule has 0 fully saturated rings. The number of benzene rings is 1. The molecule has 94 valence electrons. The Hall–Kier alpha value is -1.22. The molecular formula is C14H21NO2. The van der Waals surface area contributed by atoms with Gasteiger partial charge in [0, 0.05) is 17.1 Å². The number of phenols is 2. The van der Waals surface area contributed by atoms with Crippen LogP contribution in [-0.2, 0) is 12.8 Å². The van der Waals surface area contributed by atoms with Crippen LogP contribution in [0.5, 0.6) is 11.5 Å². The van der Waals surface area contributed by atoms with E-state index < -0.39 is 0 Å². The van der Waals surface area contributed by atoms with Crippen LogP contribution in [0.15, 0.2) is 12.1 Å². The average Bonchev–Trinajstić information content (AvgIpc) is 2.21. The van der Waals surface area contributed by atoms with Gasteiger partial charge in [-0.2, -0.15) is 0 Å². The maximum absolute atomic E-state index is 9.79. The molecule has 0 radical (unpaired) electrons. The number of aromatic hydroxyl groups is 2. The van der Waals surface area contributed by atoms with Crippen molar-refractivity contribution in [1.82, 2.24) is 5.32 Å². The van der Waals surface area contributed by atoms with Crippen molar-refractivity contribution in [3.05, 3.63) is 23.3 Å². The molecule has 0 aromatic heterocycles. The second-order valence-corrected chi connectivity index (χ2v) is 5.91. The molecule has 3 heteroatoms. The zero-order valence-electron chi connectivity index (χ0n) is 10.7. The highest BCUT2D eigenvalue weighted by Gasteiger charge is 2.24. The van der Waals surface area contributed by atoms with Gasteiger partial charge in [-0.25, -0.2) is 0 Å². The highest BCUT2D eigenvalue weighted by atomic mass is 16.3. The standard InChI is InChI=1S/C14H21NO2/c1-14(2,3)15-10-5-6-11-9(8-10)4-7-12(16)13(11)17/h4,7,10,15-17H,5-6,8H2,1-3H3. The van der Waals surface area contributed by atoms with Crippen LogP contribution in [0, 0.1) is 0 Å². The van der Waals surface area contributed by atoms with Gasteiger partial charge in [-0.05, 0) is 51.7 Å². The summed E-state index contributed by atoms with van der Waals surface area (Å²) in [5, 5.41) is 22.8. The summed E-state index contributed by atoms with van der Waals surface area (Å²) in [6.45, 7) is 6.49. The number of hydrogen-bond acceptors (Lipinski definition) is 3. The van der Waals surface area contributed by atoms with E-state index in [0.29, 0.717) is 6.04 Å². The number of rotatable bonds is 1. The monoisotopic (exact) mass is 235 g/mol. The molecule has 0 spiro atoms. The first-order chi connectivity index (χ1) is 7.87. The lowest BCUT2D eigenvalue weighted by Gasteiger charge is -2.32. The fraction of sp³-hybridized carbons (Fsp3) is 0.571. The first-order valence-corrected chi connectivity index (χ1v) is 6.17. The van der Waals surface area contributed by atoms with Crippen molar-refractivity contribution in [3.8, 4) is 11.5 Å². The number of hydrogen-bond donors (Lipinski definition) is 3. The lowest BCUT2D eigenvalue weighted by atomic mass is 9.86. The van der Waals surface area contributed by atoms with E-state index in [0.717, 1.165) is 30.4 Å². The minimum absolute atomic E-state index is 0.00835. The molecule has 1 atom stereocenters. The lowest BCUT2D eigenvalue weighted by molar-refractivity contribution is 0.330. The average molecular weight is 235 g/mol. The van der Waals surface area contributed by atoms with Gasteiger partial charge >= 0.3 is 0 Å². The number of nitrogens with one attached hydrogen (secondary N) is 1. The Morgan fingerprint density at radius 3 is 2.59 bits per heavy atom. The molecule has 3 N–H and O–H groups in total. The third-order valence-corrected chi connectivity index (χ3v) is 3.20. The van der Waals surface area contributed by atoms with Gasteiger partial charge in [0.05, 0.1) is 0 Å². The van der Waals surface area contributed by atoms with Crippen LogP contribution in [0.2, 0.25) is 0 Å². The SMILES string of the molecule is CC(C)(C)NC1CCc2c(ccc(O)c2O)C1. The van der Waals surface area contributed by atoms with Gasteiger partial charge < -0.3 is 15.5 Å². The molecule has 17 heavy (non-hydrogen) atoms. The van der Waals surface area contributed by atoms with Crippen LogP contribution in [-0.4, -0.2) is 21.8 Å². The largest absolute Gasteiger partial charge is 0.504 e.